The summed E-state index contributed by atoms with van der Waals surface area (Å²) in [5.74, 6) is 0.855. The number of nitrogens with zero attached hydrogens (tertiary/aromatic N) is 2. The Kier molecular flexibility index (Phi) is 4.37. The van der Waals surface area contributed by atoms with Gasteiger partial charge in [0.25, 0.3) is 5.91 Å². The Hall–Kier alpha value is -1.37. The first-order valence-electron chi connectivity index (χ1n) is 8.57. The number of hydrogen-bond acceptors (Lipinski definition) is 5. The summed E-state index contributed by atoms with van der Waals surface area (Å²) in [4.78, 5) is 20.8. The molecule has 3 aliphatic rings. The number of amides is 1. The number of carbonyl (C=O) groups excluding carboxylic acids is 1. The van der Waals surface area contributed by atoms with Crippen molar-refractivity contribution in [1.82, 2.24) is 9.96 Å². The second-order valence-electron chi connectivity index (χ2n) is 6.87. The summed E-state index contributed by atoms with van der Waals surface area (Å²) in [5, 5.41) is 1.58. The molecule has 4 rings (SSSR count). The summed E-state index contributed by atoms with van der Waals surface area (Å²) in [7, 11) is 0. The zero-order valence-electron chi connectivity index (χ0n) is 13.4. The van der Waals surface area contributed by atoms with E-state index in [1.807, 2.05) is 6.07 Å². The third-order valence-corrected chi connectivity index (χ3v) is 5.27. The van der Waals surface area contributed by atoms with Crippen LogP contribution in [0.15, 0.2) is 23.0 Å². The van der Waals surface area contributed by atoms with Gasteiger partial charge in [-0.2, -0.15) is 0 Å². The summed E-state index contributed by atoms with van der Waals surface area (Å²) in [5.41, 5.74) is 1.19. The summed E-state index contributed by atoms with van der Waals surface area (Å²) in [6, 6.07) is 2.00. The molecule has 4 heterocycles. The van der Waals surface area contributed by atoms with E-state index in [1.54, 1.807) is 17.6 Å². The largest absolute Gasteiger partial charge is 0.472 e. The molecule has 0 unspecified atom stereocenters. The zero-order valence-corrected chi connectivity index (χ0v) is 13.4. The lowest BCUT2D eigenvalue weighted by Crippen LogP contribution is -2.47. The number of furan rings is 1. The minimum absolute atomic E-state index is 0.0683. The molecule has 6 heteroatoms. The van der Waals surface area contributed by atoms with Gasteiger partial charge in [-0.05, 0) is 30.7 Å². The molecule has 0 spiro atoms. The molecule has 3 aliphatic heterocycles. The maximum atomic E-state index is 12.8. The Balaban J connectivity index is 1.41. The lowest BCUT2D eigenvalue weighted by atomic mass is 9.82. The number of ether oxygens (including phenoxy) is 1. The maximum absolute atomic E-state index is 12.8. The highest BCUT2D eigenvalue weighted by Gasteiger charge is 2.45. The van der Waals surface area contributed by atoms with Crippen LogP contribution in [-0.2, 0) is 20.9 Å². The van der Waals surface area contributed by atoms with E-state index in [1.165, 1.54) is 5.56 Å². The summed E-state index contributed by atoms with van der Waals surface area (Å²) in [6.45, 7) is 5.47. The fourth-order valence-electron chi connectivity index (χ4n) is 4.07. The molecule has 3 fully saturated rings. The highest BCUT2D eigenvalue weighted by molar-refractivity contribution is 5.78. The van der Waals surface area contributed by atoms with Crippen molar-refractivity contribution >= 4 is 5.91 Å². The maximum Gasteiger partial charge on any atom is 0.251 e. The first-order chi connectivity index (χ1) is 11.3. The number of hydroxylamine groups is 2. The Bertz CT molecular complexity index is 527. The molecule has 1 aromatic rings. The van der Waals surface area contributed by atoms with Gasteiger partial charge in [-0.1, -0.05) is 0 Å². The Morgan fingerprint density at radius 2 is 2.22 bits per heavy atom. The molecule has 1 aromatic heterocycles. The van der Waals surface area contributed by atoms with E-state index in [-0.39, 0.29) is 11.8 Å². The molecule has 0 bridgehead atoms. The van der Waals surface area contributed by atoms with Crippen LogP contribution in [0.4, 0.5) is 0 Å². The fourth-order valence-corrected chi connectivity index (χ4v) is 4.07. The van der Waals surface area contributed by atoms with E-state index in [2.05, 4.69) is 4.90 Å². The van der Waals surface area contributed by atoms with Crippen LogP contribution < -0.4 is 0 Å². The molecular weight excluding hydrogens is 296 g/mol. The number of fused-ring (bicyclic) bond motifs is 1. The molecule has 3 saturated heterocycles. The third-order valence-electron chi connectivity index (χ3n) is 5.27. The molecule has 126 valence electrons. The fraction of sp³-hybridized carbons (Fsp3) is 0.706. The van der Waals surface area contributed by atoms with E-state index >= 15 is 0 Å². The average molecular weight is 320 g/mol. The second kappa shape index (κ2) is 6.63. The van der Waals surface area contributed by atoms with Gasteiger partial charge in [0.05, 0.1) is 38.3 Å². The van der Waals surface area contributed by atoms with Crippen LogP contribution >= 0.6 is 0 Å². The normalized spacial score (nSPS) is 32.0. The smallest absolute Gasteiger partial charge is 0.251 e. The van der Waals surface area contributed by atoms with Crippen molar-refractivity contribution in [2.75, 3.05) is 39.5 Å². The van der Waals surface area contributed by atoms with Gasteiger partial charge < -0.3 is 9.15 Å². The monoisotopic (exact) mass is 320 g/mol. The summed E-state index contributed by atoms with van der Waals surface area (Å²) in [6.07, 6.45) is 5.57. The summed E-state index contributed by atoms with van der Waals surface area (Å²) < 4.78 is 10.9. The lowest BCUT2D eigenvalue weighted by molar-refractivity contribution is -0.207. The van der Waals surface area contributed by atoms with Crippen molar-refractivity contribution < 1.29 is 18.8 Å². The topological polar surface area (TPSA) is 55.2 Å². The van der Waals surface area contributed by atoms with Crippen molar-refractivity contribution in [3.63, 3.8) is 0 Å². The minimum Gasteiger partial charge on any atom is -0.472 e. The number of rotatable bonds is 3. The second-order valence-corrected chi connectivity index (χ2v) is 6.87. The van der Waals surface area contributed by atoms with E-state index in [0.717, 1.165) is 39.1 Å². The van der Waals surface area contributed by atoms with Gasteiger partial charge in [-0.3, -0.25) is 14.5 Å². The van der Waals surface area contributed by atoms with Crippen molar-refractivity contribution in [3.05, 3.63) is 24.2 Å². The van der Waals surface area contributed by atoms with Crippen molar-refractivity contribution in [1.29, 1.82) is 0 Å². The average Bonchev–Trinajstić information content (AvgIpc) is 3.24. The van der Waals surface area contributed by atoms with Gasteiger partial charge in [-0.25, -0.2) is 5.06 Å². The van der Waals surface area contributed by atoms with Crippen LogP contribution in [-0.4, -0.2) is 55.3 Å². The highest BCUT2D eigenvalue weighted by Crippen LogP contribution is 2.36. The molecule has 0 saturated carbocycles. The van der Waals surface area contributed by atoms with E-state index in [0.29, 0.717) is 31.6 Å². The minimum atomic E-state index is -0.0683. The molecule has 0 radical (unpaired) electrons. The van der Waals surface area contributed by atoms with Crippen LogP contribution in [0.5, 0.6) is 0 Å². The standard InChI is InChI=1S/C17H24N2O4/c20-17(19-4-1-2-5-23-19)16-12-22-11-14-8-18(9-15(14)16)7-13-3-6-21-10-13/h3,6,10,14-16H,1-2,4-5,7-9,11-12H2/t14-,15-,16+/m0/s1. The first kappa shape index (κ1) is 15.2. The lowest BCUT2D eigenvalue weighted by Gasteiger charge is -2.36. The van der Waals surface area contributed by atoms with E-state index < -0.39 is 0 Å². The van der Waals surface area contributed by atoms with E-state index in [4.69, 9.17) is 14.0 Å². The number of carbonyl (C=O) groups is 1. The van der Waals surface area contributed by atoms with Gasteiger partial charge in [0.2, 0.25) is 0 Å². The molecule has 0 aromatic carbocycles. The van der Waals surface area contributed by atoms with Gasteiger partial charge in [0.15, 0.2) is 0 Å². The molecule has 23 heavy (non-hydrogen) atoms. The van der Waals surface area contributed by atoms with Crippen molar-refractivity contribution in [3.8, 4) is 0 Å². The van der Waals surface area contributed by atoms with Crippen LogP contribution in [0.25, 0.3) is 0 Å². The third kappa shape index (κ3) is 3.16. The Morgan fingerprint density at radius 3 is 3.00 bits per heavy atom. The van der Waals surface area contributed by atoms with Gasteiger partial charge in [0.1, 0.15) is 0 Å². The van der Waals surface area contributed by atoms with Gasteiger partial charge in [-0.15, -0.1) is 0 Å². The van der Waals surface area contributed by atoms with Crippen LogP contribution in [0.3, 0.4) is 0 Å². The van der Waals surface area contributed by atoms with Crippen molar-refractivity contribution in [2.45, 2.75) is 19.4 Å². The number of hydrogen-bond donors (Lipinski definition) is 0. The van der Waals surface area contributed by atoms with E-state index in [9.17, 15) is 4.79 Å². The summed E-state index contributed by atoms with van der Waals surface area (Å²) >= 11 is 0. The molecular formula is C17H24N2O4. The molecule has 1 amide bonds. The Morgan fingerprint density at radius 1 is 1.26 bits per heavy atom. The Labute approximate surface area is 136 Å². The van der Waals surface area contributed by atoms with Gasteiger partial charge >= 0.3 is 0 Å². The predicted octanol–water partition coefficient (Wildman–Crippen LogP) is 1.53. The highest BCUT2D eigenvalue weighted by atomic mass is 16.7. The van der Waals surface area contributed by atoms with Crippen LogP contribution in [0, 0.1) is 17.8 Å². The quantitative estimate of drug-likeness (QED) is 0.845. The molecule has 3 atom stereocenters. The number of likely N-dealkylation sites (tertiary alicyclic amines) is 1. The predicted molar refractivity (Wildman–Crippen MR) is 82.2 cm³/mol. The van der Waals surface area contributed by atoms with Gasteiger partial charge in [0, 0.05) is 31.7 Å². The van der Waals surface area contributed by atoms with Crippen LogP contribution in [0.2, 0.25) is 0 Å². The van der Waals surface area contributed by atoms with Crippen LogP contribution in [0.1, 0.15) is 18.4 Å². The first-order valence-corrected chi connectivity index (χ1v) is 8.57. The molecule has 0 N–H and O–H groups in total. The zero-order chi connectivity index (χ0) is 15.6. The molecule has 0 aliphatic carbocycles. The SMILES string of the molecule is O=C([C@@H]1COC[C@@H]2CN(Cc3ccoc3)C[C@@H]21)N1CCCCO1. The van der Waals surface area contributed by atoms with Crippen molar-refractivity contribution in [2.24, 2.45) is 17.8 Å². The molecule has 6 nitrogen and oxygen atoms in total.